The van der Waals surface area contributed by atoms with Crippen molar-refractivity contribution < 1.29 is 9.90 Å². The summed E-state index contributed by atoms with van der Waals surface area (Å²) in [5.41, 5.74) is 1.60. The minimum atomic E-state index is -0.948. The van der Waals surface area contributed by atoms with Gasteiger partial charge in [-0.25, -0.2) is 9.78 Å². The molecule has 3 rings (SSSR count). The molecule has 6 heteroatoms. The predicted octanol–water partition coefficient (Wildman–Crippen LogP) is 5.19. The van der Waals surface area contributed by atoms with Crippen LogP contribution in [-0.2, 0) is 0 Å². The van der Waals surface area contributed by atoms with Gasteiger partial charge in [-0.3, -0.25) is 0 Å². The number of nitrogens with zero attached hydrogens (tertiary/aromatic N) is 1. The molecular formula is C14H7Br2NO2S. The van der Waals surface area contributed by atoms with E-state index in [1.165, 1.54) is 11.3 Å². The topological polar surface area (TPSA) is 50.2 Å². The third kappa shape index (κ3) is 2.51. The number of fused-ring (bicyclic) bond motifs is 1. The van der Waals surface area contributed by atoms with Gasteiger partial charge in [-0.05, 0) is 46.3 Å². The number of carboxylic acids is 1. The highest BCUT2D eigenvalue weighted by atomic mass is 79.9. The molecule has 0 aliphatic heterocycles. The number of pyridine rings is 1. The van der Waals surface area contributed by atoms with E-state index in [4.69, 9.17) is 0 Å². The molecule has 2 heterocycles. The maximum Gasteiger partial charge on any atom is 0.336 e. The van der Waals surface area contributed by atoms with Crippen molar-refractivity contribution in [2.24, 2.45) is 0 Å². The number of carboxylic acid groups (broad SMARTS) is 1. The molecule has 0 aliphatic rings. The largest absolute Gasteiger partial charge is 0.478 e. The van der Waals surface area contributed by atoms with Crippen LogP contribution in [0.1, 0.15) is 10.4 Å². The van der Waals surface area contributed by atoms with E-state index in [9.17, 15) is 9.90 Å². The van der Waals surface area contributed by atoms with Crippen LogP contribution in [0.15, 0.2) is 44.7 Å². The summed E-state index contributed by atoms with van der Waals surface area (Å²) in [5, 5.41) is 10.0. The van der Waals surface area contributed by atoms with Gasteiger partial charge in [0.15, 0.2) is 0 Å². The molecule has 100 valence electrons. The Hall–Kier alpha value is -1.24. The standard InChI is InChI=1S/C14H7Br2NO2S/c15-7-1-2-8-9(14(18)19)6-11(17-10(8)5-7)12-3-4-13(16)20-12/h1-6H,(H,18,19). The van der Waals surface area contributed by atoms with Crippen molar-refractivity contribution in [3.05, 3.63) is 50.2 Å². The van der Waals surface area contributed by atoms with E-state index in [2.05, 4.69) is 36.8 Å². The molecule has 0 spiro atoms. The molecule has 0 unspecified atom stereocenters. The molecule has 0 radical (unpaired) electrons. The smallest absolute Gasteiger partial charge is 0.336 e. The predicted molar refractivity (Wildman–Crippen MR) is 87.4 cm³/mol. The molecule has 0 bridgehead atoms. The highest BCUT2D eigenvalue weighted by Gasteiger charge is 2.14. The van der Waals surface area contributed by atoms with E-state index in [1.807, 2.05) is 24.3 Å². The Bertz CT molecular complexity index is 829. The Morgan fingerprint density at radius 1 is 1.15 bits per heavy atom. The van der Waals surface area contributed by atoms with Gasteiger partial charge in [0.2, 0.25) is 0 Å². The van der Waals surface area contributed by atoms with Crippen LogP contribution in [-0.4, -0.2) is 16.1 Å². The van der Waals surface area contributed by atoms with Crippen molar-refractivity contribution in [2.45, 2.75) is 0 Å². The average Bonchev–Trinajstić information content (AvgIpc) is 2.83. The van der Waals surface area contributed by atoms with Crippen LogP contribution in [0.2, 0.25) is 0 Å². The van der Waals surface area contributed by atoms with Gasteiger partial charge in [-0.1, -0.05) is 22.0 Å². The Morgan fingerprint density at radius 2 is 1.95 bits per heavy atom. The van der Waals surface area contributed by atoms with Crippen LogP contribution in [0.5, 0.6) is 0 Å². The second-order valence-corrected chi connectivity index (χ2v) is 7.50. The first-order valence-corrected chi connectivity index (χ1v) is 8.04. The van der Waals surface area contributed by atoms with Crippen LogP contribution in [0.3, 0.4) is 0 Å². The molecule has 0 saturated carbocycles. The zero-order chi connectivity index (χ0) is 14.3. The van der Waals surface area contributed by atoms with Crippen LogP contribution in [0, 0.1) is 0 Å². The van der Waals surface area contributed by atoms with Gasteiger partial charge in [0.05, 0.1) is 25.4 Å². The Balaban J connectivity index is 2.32. The second-order valence-electron chi connectivity index (χ2n) is 4.13. The summed E-state index contributed by atoms with van der Waals surface area (Å²) < 4.78 is 1.86. The van der Waals surface area contributed by atoms with E-state index in [0.717, 1.165) is 13.1 Å². The molecule has 3 nitrogen and oxygen atoms in total. The van der Waals surface area contributed by atoms with Gasteiger partial charge < -0.3 is 5.11 Å². The number of rotatable bonds is 2. The number of carbonyl (C=O) groups is 1. The van der Waals surface area contributed by atoms with Gasteiger partial charge in [0, 0.05) is 9.86 Å². The first-order chi connectivity index (χ1) is 9.54. The van der Waals surface area contributed by atoms with Crippen LogP contribution in [0.4, 0.5) is 0 Å². The second kappa shape index (κ2) is 5.27. The molecule has 0 amide bonds. The zero-order valence-electron chi connectivity index (χ0n) is 9.93. The first-order valence-electron chi connectivity index (χ1n) is 5.64. The fraction of sp³-hybridized carbons (Fsp3) is 0. The first kappa shape index (κ1) is 13.7. The molecule has 0 atom stereocenters. The fourth-order valence-electron chi connectivity index (χ4n) is 1.96. The highest BCUT2D eigenvalue weighted by Crippen LogP contribution is 2.33. The number of aromatic nitrogens is 1. The molecule has 2 aromatic heterocycles. The maximum atomic E-state index is 11.4. The fourth-order valence-corrected chi connectivity index (χ4v) is 3.65. The van der Waals surface area contributed by atoms with Gasteiger partial charge >= 0.3 is 5.97 Å². The minimum absolute atomic E-state index is 0.266. The molecule has 0 aliphatic carbocycles. The summed E-state index contributed by atoms with van der Waals surface area (Å²) in [6.45, 7) is 0. The quantitative estimate of drug-likeness (QED) is 0.630. The summed E-state index contributed by atoms with van der Waals surface area (Å²) in [5.74, 6) is -0.948. The molecule has 1 N–H and O–H groups in total. The van der Waals surface area contributed by atoms with Crippen molar-refractivity contribution in [3.63, 3.8) is 0 Å². The SMILES string of the molecule is O=C(O)c1cc(-c2ccc(Br)s2)nc2cc(Br)ccc12. The van der Waals surface area contributed by atoms with E-state index >= 15 is 0 Å². The molecule has 0 saturated heterocycles. The molecule has 0 fully saturated rings. The molecule has 1 aromatic carbocycles. The normalized spacial score (nSPS) is 10.9. The van der Waals surface area contributed by atoms with Crippen LogP contribution >= 0.6 is 43.2 Å². The van der Waals surface area contributed by atoms with E-state index in [0.29, 0.717) is 16.6 Å². The summed E-state index contributed by atoms with van der Waals surface area (Å²) in [6.07, 6.45) is 0. The Labute approximate surface area is 135 Å². The monoisotopic (exact) mass is 411 g/mol. The number of hydrogen-bond donors (Lipinski definition) is 1. The summed E-state index contributed by atoms with van der Waals surface area (Å²) in [7, 11) is 0. The van der Waals surface area contributed by atoms with Crippen molar-refractivity contribution in [1.29, 1.82) is 0 Å². The lowest BCUT2D eigenvalue weighted by Gasteiger charge is -2.06. The number of aromatic carboxylic acids is 1. The summed E-state index contributed by atoms with van der Waals surface area (Å²) >= 11 is 8.32. The van der Waals surface area contributed by atoms with Crippen LogP contribution < -0.4 is 0 Å². The van der Waals surface area contributed by atoms with Gasteiger partial charge in [-0.2, -0.15) is 0 Å². The molecule has 3 aromatic rings. The summed E-state index contributed by atoms with van der Waals surface area (Å²) in [6, 6.07) is 10.9. The highest BCUT2D eigenvalue weighted by molar-refractivity contribution is 9.11. The number of hydrogen-bond acceptors (Lipinski definition) is 3. The zero-order valence-corrected chi connectivity index (χ0v) is 13.9. The van der Waals surface area contributed by atoms with Gasteiger partial charge in [0.25, 0.3) is 0 Å². The number of benzene rings is 1. The minimum Gasteiger partial charge on any atom is -0.478 e. The lowest BCUT2D eigenvalue weighted by molar-refractivity contribution is 0.0699. The molecule has 20 heavy (non-hydrogen) atoms. The van der Waals surface area contributed by atoms with Crippen molar-refractivity contribution in [3.8, 4) is 10.6 Å². The maximum absolute atomic E-state index is 11.4. The van der Waals surface area contributed by atoms with Gasteiger partial charge in [0.1, 0.15) is 0 Å². The van der Waals surface area contributed by atoms with Crippen molar-refractivity contribution in [2.75, 3.05) is 0 Å². The average molecular weight is 413 g/mol. The lowest BCUT2D eigenvalue weighted by Crippen LogP contribution is -1.99. The van der Waals surface area contributed by atoms with E-state index < -0.39 is 5.97 Å². The number of halogens is 2. The van der Waals surface area contributed by atoms with E-state index in [-0.39, 0.29) is 5.56 Å². The molecular weight excluding hydrogens is 406 g/mol. The van der Waals surface area contributed by atoms with Crippen molar-refractivity contribution >= 4 is 60.1 Å². The van der Waals surface area contributed by atoms with Crippen molar-refractivity contribution in [1.82, 2.24) is 4.98 Å². The van der Waals surface area contributed by atoms with Crippen LogP contribution in [0.25, 0.3) is 21.5 Å². The van der Waals surface area contributed by atoms with E-state index in [1.54, 1.807) is 12.1 Å². The Kier molecular flexibility index (Phi) is 3.62. The lowest BCUT2D eigenvalue weighted by atomic mass is 10.1. The summed E-state index contributed by atoms with van der Waals surface area (Å²) in [4.78, 5) is 16.9. The third-order valence-electron chi connectivity index (χ3n) is 2.83. The third-order valence-corrected chi connectivity index (χ3v) is 4.97. The van der Waals surface area contributed by atoms with Gasteiger partial charge in [-0.15, -0.1) is 11.3 Å². The Morgan fingerprint density at radius 3 is 2.60 bits per heavy atom. The number of thiophene rings is 1.